The first kappa shape index (κ1) is 17.7. The summed E-state index contributed by atoms with van der Waals surface area (Å²) >= 11 is 0. The minimum atomic E-state index is 0.0101. The van der Waals surface area contributed by atoms with Gasteiger partial charge in [-0.3, -0.25) is 0 Å². The van der Waals surface area contributed by atoms with Crippen LogP contribution >= 0.6 is 0 Å². The van der Waals surface area contributed by atoms with Crippen molar-refractivity contribution in [2.24, 2.45) is 52.0 Å². The van der Waals surface area contributed by atoms with Gasteiger partial charge < -0.3 is 15.1 Å². The van der Waals surface area contributed by atoms with Gasteiger partial charge in [0.1, 0.15) is 0 Å². The molecule has 0 amide bonds. The predicted molar refractivity (Wildman–Crippen MR) is 107 cm³/mol. The van der Waals surface area contributed by atoms with Crippen LogP contribution in [-0.2, 0) is 4.74 Å². The summed E-state index contributed by atoms with van der Waals surface area (Å²) in [6.45, 7) is 3.42. The monoisotopic (exact) mass is 383 g/mol. The van der Waals surface area contributed by atoms with Crippen molar-refractivity contribution in [2.45, 2.75) is 57.5 Å². The van der Waals surface area contributed by atoms with Crippen LogP contribution < -0.4 is 0 Å². The number of aliphatic hydroxyl groups is 1. The van der Waals surface area contributed by atoms with Gasteiger partial charge in [0.15, 0.2) is 0 Å². The van der Waals surface area contributed by atoms with Gasteiger partial charge in [0.05, 0.1) is 17.9 Å². The van der Waals surface area contributed by atoms with Gasteiger partial charge in [-0.2, -0.15) is 0 Å². The van der Waals surface area contributed by atoms with Gasteiger partial charge >= 0.3 is 0 Å². The Morgan fingerprint density at radius 3 is 2.82 bits per heavy atom. The lowest BCUT2D eigenvalue weighted by atomic mass is 9.46. The molecule has 4 heteroatoms. The summed E-state index contributed by atoms with van der Waals surface area (Å²) in [6, 6.07) is 0. The molecular weight excluding hydrogens is 350 g/mol. The SMILES string of the molecule is CC[C@]12CCC3C(CC(CO)C4=CC(=NO)CC[C@@H]43)C1C1CC1[C@@]21C=CCO1. The van der Waals surface area contributed by atoms with Crippen LogP contribution in [0.1, 0.15) is 51.9 Å². The molecule has 1 spiro atoms. The molecule has 0 bridgehead atoms. The number of ether oxygens (including phenoxy) is 1. The average molecular weight is 384 g/mol. The minimum absolute atomic E-state index is 0.0101. The van der Waals surface area contributed by atoms with E-state index in [1.807, 2.05) is 0 Å². The zero-order chi connectivity index (χ0) is 19.1. The van der Waals surface area contributed by atoms with E-state index in [0.717, 1.165) is 55.3 Å². The second-order valence-electron chi connectivity index (χ2n) is 10.4. The van der Waals surface area contributed by atoms with Gasteiger partial charge in [0, 0.05) is 17.9 Å². The highest BCUT2D eigenvalue weighted by Gasteiger charge is 2.77. The zero-order valence-corrected chi connectivity index (χ0v) is 16.9. The number of oxime groups is 1. The van der Waals surface area contributed by atoms with Gasteiger partial charge in [-0.05, 0) is 86.5 Å². The molecule has 5 aliphatic carbocycles. The Labute approximate surface area is 167 Å². The maximum Gasteiger partial charge on any atom is 0.0957 e. The van der Waals surface area contributed by atoms with E-state index < -0.39 is 0 Å². The topological polar surface area (TPSA) is 62.1 Å². The van der Waals surface area contributed by atoms with E-state index in [1.165, 1.54) is 31.3 Å². The first-order chi connectivity index (χ1) is 13.7. The minimum Gasteiger partial charge on any atom is -0.411 e. The third kappa shape index (κ3) is 1.97. The van der Waals surface area contributed by atoms with E-state index in [1.54, 1.807) is 0 Å². The second-order valence-corrected chi connectivity index (χ2v) is 10.4. The highest BCUT2D eigenvalue weighted by molar-refractivity contribution is 5.96. The number of hydrogen-bond donors (Lipinski definition) is 2. The van der Waals surface area contributed by atoms with Crippen LogP contribution in [0.3, 0.4) is 0 Å². The van der Waals surface area contributed by atoms with Crippen molar-refractivity contribution < 1.29 is 15.1 Å². The summed E-state index contributed by atoms with van der Waals surface area (Å²) in [7, 11) is 0. The summed E-state index contributed by atoms with van der Waals surface area (Å²) in [5.74, 6) is 4.59. The van der Waals surface area contributed by atoms with Crippen molar-refractivity contribution >= 4 is 5.71 Å². The molecule has 2 N–H and O–H groups in total. The van der Waals surface area contributed by atoms with Gasteiger partial charge in [0.25, 0.3) is 0 Å². The van der Waals surface area contributed by atoms with Crippen molar-refractivity contribution in [1.29, 1.82) is 0 Å². The zero-order valence-electron chi connectivity index (χ0n) is 16.9. The molecule has 0 radical (unpaired) electrons. The molecule has 4 fully saturated rings. The van der Waals surface area contributed by atoms with Crippen molar-refractivity contribution in [3.63, 3.8) is 0 Å². The third-order valence-corrected chi connectivity index (χ3v) is 9.98. The smallest absolute Gasteiger partial charge is 0.0957 e. The molecule has 9 atom stereocenters. The van der Waals surface area contributed by atoms with Crippen LogP contribution in [0.4, 0.5) is 0 Å². The summed E-state index contributed by atoms with van der Waals surface area (Å²) in [4.78, 5) is 0. The van der Waals surface area contributed by atoms with Gasteiger partial charge in [0.2, 0.25) is 0 Å². The van der Waals surface area contributed by atoms with Crippen molar-refractivity contribution in [3.05, 3.63) is 23.8 Å². The molecule has 0 aromatic heterocycles. The van der Waals surface area contributed by atoms with Gasteiger partial charge in [-0.1, -0.05) is 29.8 Å². The van der Waals surface area contributed by atoms with E-state index in [-0.39, 0.29) is 18.1 Å². The van der Waals surface area contributed by atoms with Crippen molar-refractivity contribution in [1.82, 2.24) is 0 Å². The first-order valence-electron chi connectivity index (χ1n) is 11.5. The Morgan fingerprint density at radius 1 is 1.21 bits per heavy atom. The van der Waals surface area contributed by atoms with Crippen LogP contribution in [0, 0.1) is 46.8 Å². The fourth-order valence-corrected chi connectivity index (χ4v) is 9.09. The number of fused-ring (bicyclic) bond motifs is 9. The van der Waals surface area contributed by atoms with E-state index in [0.29, 0.717) is 17.3 Å². The van der Waals surface area contributed by atoms with E-state index in [9.17, 15) is 10.3 Å². The number of nitrogens with zero attached hydrogens (tertiary/aromatic N) is 1. The first-order valence-corrected chi connectivity index (χ1v) is 11.5. The maximum atomic E-state index is 10.2. The van der Waals surface area contributed by atoms with Crippen molar-refractivity contribution in [2.75, 3.05) is 13.2 Å². The lowest BCUT2D eigenvalue weighted by molar-refractivity contribution is -0.145. The summed E-state index contributed by atoms with van der Waals surface area (Å²) in [5, 5.41) is 23.0. The van der Waals surface area contributed by atoms with Gasteiger partial charge in [-0.15, -0.1) is 0 Å². The fraction of sp³-hybridized carbons (Fsp3) is 0.792. The molecule has 28 heavy (non-hydrogen) atoms. The Balaban J connectivity index is 1.41. The van der Waals surface area contributed by atoms with Crippen LogP contribution in [0.25, 0.3) is 0 Å². The Morgan fingerprint density at radius 2 is 2.11 bits per heavy atom. The summed E-state index contributed by atoms with van der Waals surface area (Å²) in [6.07, 6.45) is 15.1. The highest BCUT2D eigenvalue weighted by atomic mass is 16.5. The lowest BCUT2D eigenvalue weighted by Gasteiger charge is -2.59. The molecule has 1 heterocycles. The molecular formula is C24H33NO3. The van der Waals surface area contributed by atoms with E-state index in [4.69, 9.17) is 4.74 Å². The lowest BCUT2D eigenvalue weighted by Crippen LogP contribution is -2.56. The molecule has 4 saturated carbocycles. The fourth-order valence-electron chi connectivity index (χ4n) is 9.09. The molecule has 6 aliphatic rings. The molecule has 6 rings (SSSR count). The summed E-state index contributed by atoms with van der Waals surface area (Å²) in [5.41, 5.74) is 2.50. The normalized spacial score (nSPS) is 54.9. The largest absolute Gasteiger partial charge is 0.411 e. The second kappa shape index (κ2) is 5.95. The molecule has 4 nitrogen and oxygen atoms in total. The molecule has 0 aromatic carbocycles. The molecule has 1 aliphatic heterocycles. The quantitative estimate of drug-likeness (QED) is 0.427. The van der Waals surface area contributed by atoms with Crippen LogP contribution in [0.15, 0.2) is 29.0 Å². The number of hydrogen-bond acceptors (Lipinski definition) is 4. The number of rotatable bonds is 2. The molecule has 0 aromatic rings. The molecule has 152 valence electrons. The van der Waals surface area contributed by atoms with Crippen LogP contribution in [0.2, 0.25) is 0 Å². The standard InChI is InChI=1S/C24H33NO3/c1-2-23-8-6-17-16-5-4-15(25-27)11-18(16)14(13-26)10-19(17)22(23)20-12-21(20)24(23)7-3-9-28-24/h3,7,11,14,16-17,19-22,26-27H,2,4-6,8-10,12-13H2,1H3/t14?,16-,17?,19?,20?,21?,22?,23+,24+/m1/s1. The average Bonchev–Trinajstić information content (AvgIpc) is 3.31. The van der Waals surface area contributed by atoms with Crippen LogP contribution in [0.5, 0.6) is 0 Å². The van der Waals surface area contributed by atoms with E-state index >= 15 is 0 Å². The highest BCUT2D eigenvalue weighted by Crippen LogP contribution is 2.78. The van der Waals surface area contributed by atoms with Gasteiger partial charge in [-0.25, -0.2) is 0 Å². The molecule has 0 saturated heterocycles. The third-order valence-electron chi connectivity index (χ3n) is 9.98. The maximum absolute atomic E-state index is 10.2. The van der Waals surface area contributed by atoms with Crippen molar-refractivity contribution in [3.8, 4) is 0 Å². The Hall–Kier alpha value is -1.13. The van der Waals surface area contributed by atoms with E-state index in [2.05, 4.69) is 30.3 Å². The summed E-state index contributed by atoms with van der Waals surface area (Å²) < 4.78 is 6.57. The Bertz CT molecular complexity index is 772. The number of aliphatic hydroxyl groups excluding tert-OH is 1. The molecule has 6 unspecified atom stereocenters. The van der Waals surface area contributed by atoms with Crippen LogP contribution in [-0.4, -0.2) is 34.8 Å². The number of allylic oxidation sites excluding steroid dienone is 1. The predicted octanol–water partition coefficient (Wildman–Crippen LogP) is 4.18. The Kier molecular flexibility index (Phi) is 3.76.